The standard InChI is InChI=1S/C24H18N2O6S/c1-32-17-10-8-16(9-11-17)25-22-14-21(19-4-2-3-5-20(19)23(22)27)26-33(30,31)18-12-6-15(7-13-18)24(28)29/h2-14,25H,1H3,(H,28,29)/b26-21-. The maximum atomic E-state index is 13.0. The number of aromatic carboxylic acids is 1. The number of hydrogen-bond acceptors (Lipinski definition) is 6. The maximum absolute atomic E-state index is 13.0. The van der Waals surface area contributed by atoms with Crippen molar-refractivity contribution in [2.24, 2.45) is 4.40 Å². The number of nitrogens with zero attached hydrogens (tertiary/aromatic N) is 1. The van der Waals surface area contributed by atoms with Gasteiger partial charge < -0.3 is 15.2 Å². The molecular weight excluding hydrogens is 444 g/mol. The lowest BCUT2D eigenvalue weighted by molar-refractivity contribution is 0.0696. The predicted molar refractivity (Wildman–Crippen MR) is 123 cm³/mol. The fraction of sp³-hybridized carbons (Fsp3) is 0.0417. The molecule has 0 atom stereocenters. The van der Waals surface area contributed by atoms with Gasteiger partial charge in [-0.05, 0) is 54.6 Å². The smallest absolute Gasteiger partial charge is 0.335 e. The largest absolute Gasteiger partial charge is 0.497 e. The third-order valence-corrected chi connectivity index (χ3v) is 6.26. The number of nitrogens with one attached hydrogen (secondary N) is 1. The van der Waals surface area contributed by atoms with Gasteiger partial charge in [0, 0.05) is 16.8 Å². The van der Waals surface area contributed by atoms with Crippen molar-refractivity contribution in [1.82, 2.24) is 0 Å². The lowest BCUT2D eigenvalue weighted by atomic mass is 9.92. The van der Waals surface area contributed by atoms with Gasteiger partial charge in [-0.15, -0.1) is 0 Å². The molecule has 0 spiro atoms. The molecule has 0 saturated carbocycles. The number of anilines is 1. The van der Waals surface area contributed by atoms with Gasteiger partial charge in [-0.25, -0.2) is 4.79 Å². The second-order valence-electron chi connectivity index (χ2n) is 7.07. The van der Waals surface area contributed by atoms with E-state index in [1.807, 2.05) is 0 Å². The Balaban J connectivity index is 1.76. The minimum absolute atomic E-state index is 0.0407. The molecule has 0 bridgehead atoms. The van der Waals surface area contributed by atoms with E-state index in [0.717, 1.165) is 0 Å². The quantitative estimate of drug-likeness (QED) is 0.572. The van der Waals surface area contributed by atoms with Crippen molar-refractivity contribution in [3.05, 3.63) is 101 Å². The SMILES string of the molecule is COc1ccc(NC2=C/C(=N/S(=O)(=O)c3ccc(C(=O)O)cc3)c3ccccc3C2=O)cc1. The van der Waals surface area contributed by atoms with Crippen molar-refractivity contribution in [1.29, 1.82) is 0 Å². The monoisotopic (exact) mass is 462 g/mol. The second-order valence-corrected chi connectivity index (χ2v) is 8.67. The van der Waals surface area contributed by atoms with Gasteiger partial charge in [-0.1, -0.05) is 24.3 Å². The first-order chi connectivity index (χ1) is 15.8. The zero-order valence-corrected chi connectivity index (χ0v) is 18.2. The molecule has 0 radical (unpaired) electrons. The van der Waals surface area contributed by atoms with Crippen molar-refractivity contribution < 1.29 is 27.9 Å². The molecule has 0 heterocycles. The summed E-state index contributed by atoms with van der Waals surface area (Å²) in [6, 6.07) is 18.3. The van der Waals surface area contributed by atoms with E-state index in [9.17, 15) is 18.0 Å². The van der Waals surface area contributed by atoms with Gasteiger partial charge >= 0.3 is 5.97 Å². The molecule has 3 aromatic carbocycles. The fourth-order valence-corrected chi connectivity index (χ4v) is 4.27. The highest BCUT2D eigenvalue weighted by atomic mass is 32.2. The molecule has 0 fully saturated rings. The number of rotatable bonds is 6. The van der Waals surface area contributed by atoms with Gasteiger partial charge in [0.05, 0.1) is 29.0 Å². The number of benzene rings is 3. The van der Waals surface area contributed by atoms with Gasteiger partial charge in [0.1, 0.15) is 5.75 Å². The van der Waals surface area contributed by atoms with E-state index in [2.05, 4.69) is 9.71 Å². The first-order valence-electron chi connectivity index (χ1n) is 9.74. The molecule has 8 nitrogen and oxygen atoms in total. The summed E-state index contributed by atoms with van der Waals surface area (Å²) in [4.78, 5) is 23.9. The van der Waals surface area contributed by atoms with E-state index in [1.165, 1.54) is 30.3 Å². The lowest BCUT2D eigenvalue weighted by Crippen LogP contribution is -2.22. The Morgan fingerprint density at radius 3 is 2.18 bits per heavy atom. The molecule has 0 saturated heterocycles. The number of sulfonamides is 1. The van der Waals surface area contributed by atoms with Crippen LogP contribution in [0, 0.1) is 0 Å². The average molecular weight is 462 g/mol. The average Bonchev–Trinajstić information content (AvgIpc) is 2.82. The van der Waals surface area contributed by atoms with E-state index in [-0.39, 0.29) is 27.7 Å². The molecule has 9 heteroatoms. The molecule has 1 aliphatic carbocycles. The van der Waals surface area contributed by atoms with E-state index < -0.39 is 16.0 Å². The van der Waals surface area contributed by atoms with Gasteiger partial charge in [0.15, 0.2) is 0 Å². The fourth-order valence-electron chi connectivity index (χ4n) is 3.28. The number of carbonyl (C=O) groups excluding carboxylic acids is 1. The van der Waals surface area contributed by atoms with E-state index in [4.69, 9.17) is 9.84 Å². The molecule has 33 heavy (non-hydrogen) atoms. The number of carboxylic acids is 1. The molecule has 166 valence electrons. The third-order valence-electron chi connectivity index (χ3n) is 4.96. The van der Waals surface area contributed by atoms with Crippen molar-refractivity contribution in [3.8, 4) is 5.75 Å². The van der Waals surface area contributed by atoms with E-state index in [0.29, 0.717) is 22.6 Å². The first kappa shape index (κ1) is 22.0. The molecule has 0 amide bonds. The summed E-state index contributed by atoms with van der Waals surface area (Å²) in [6.07, 6.45) is 1.39. The van der Waals surface area contributed by atoms with Crippen molar-refractivity contribution in [2.75, 3.05) is 12.4 Å². The van der Waals surface area contributed by atoms with Gasteiger partial charge in [0.25, 0.3) is 10.0 Å². The molecule has 1 aliphatic rings. The highest BCUT2D eigenvalue weighted by Crippen LogP contribution is 2.26. The van der Waals surface area contributed by atoms with Gasteiger partial charge in [-0.3, -0.25) is 4.79 Å². The summed E-state index contributed by atoms with van der Waals surface area (Å²) < 4.78 is 34.9. The lowest BCUT2D eigenvalue weighted by Gasteiger charge is -2.19. The molecule has 0 aromatic heterocycles. The van der Waals surface area contributed by atoms with Crippen LogP contribution in [0.15, 0.2) is 93.9 Å². The third kappa shape index (κ3) is 4.53. The second kappa shape index (κ2) is 8.71. The van der Waals surface area contributed by atoms with Crippen LogP contribution in [-0.4, -0.2) is 38.1 Å². The summed E-state index contributed by atoms with van der Waals surface area (Å²) >= 11 is 0. The summed E-state index contributed by atoms with van der Waals surface area (Å²) in [5.41, 5.74) is 1.51. The number of ketones is 1. The van der Waals surface area contributed by atoms with Crippen LogP contribution in [0.3, 0.4) is 0 Å². The van der Waals surface area contributed by atoms with E-state index >= 15 is 0 Å². The zero-order valence-electron chi connectivity index (χ0n) is 17.3. The Morgan fingerprint density at radius 2 is 1.58 bits per heavy atom. The number of ether oxygens (including phenoxy) is 1. The van der Waals surface area contributed by atoms with Gasteiger partial charge in [-0.2, -0.15) is 12.8 Å². The highest BCUT2D eigenvalue weighted by molar-refractivity contribution is 7.90. The van der Waals surface area contributed by atoms with Crippen LogP contribution in [0.2, 0.25) is 0 Å². The molecular formula is C24H18N2O6S. The van der Waals surface area contributed by atoms with Crippen LogP contribution in [-0.2, 0) is 10.0 Å². The van der Waals surface area contributed by atoms with Crippen molar-refractivity contribution in [3.63, 3.8) is 0 Å². The number of fused-ring (bicyclic) bond motifs is 1. The number of carboxylic acid groups (broad SMARTS) is 1. The predicted octanol–water partition coefficient (Wildman–Crippen LogP) is 3.76. The Morgan fingerprint density at radius 1 is 0.939 bits per heavy atom. The number of allylic oxidation sites excluding steroid dienone is 2. The highest BCUT2D eigenvalue weighted by Gasteiger charge is 2.26. The van der Waals surface area contributed by atoms with Crippen LogP contribution in [0.1, 0.15) is 26.3 Å². The molecule has 0 aliphatic heterocycles. The number of methoxy groups -OCH3 is 1. The molecule has 0 unspecified atom stereocenters. The Kier molecular flexibility index (Phi) is 5.80. The topological polar surface area (TPSA) is 122 Å². The number of carbonyl (C=O) groups is 2. The van der Waals surface area contributed by atoms with Crippen LogP contribution in [0.25, 0.3) is 0 Å². The maximum Gasteiger partial charge on any atom is 0.335 e. The van der Waals surface area contributed by atoms with Crippen LogP contribution in [0.4, 0.5) is 5.69 Å². The molecule has 3 aromatic rings. The van der Waals surface area contributed by atoms with Crippen LogP contribution in [0.5, 0.6) is 5.75 Å². The van der Waals surface area contributed by atoms with Crippen molar-refractivity contribution in [2.45, 2.75) is 4.90 Å². The normalized spacial score (nSPS) is 14.4. The summed E-state index contributed by atoms with van der Waals surface area (Å²) in [5, 5.41) is 12.0. The number of hydrogen-bond donors (Lipinski definition) is 2. The minimum atomic E-state index is -4.17. The van der Waals surface area contributed by atoms with Crippen molar-refractivity contribution >= 4 is 33.2 Å². The van der Waals surface area contributed by atoms with Crippen LogP contribution >= 0.6 is 0 Å². The molecule has 4 rings (SSSR count). The minimum Gasteiger partial charge on any atom is -0.497 e. The summed E-state index contributed by atoms with van der Waals surface area (Å²) in [6.45, 7) is 0. The molecule has 2 N–H and O–H groups in total. The Bertz CT molecular complexity index is 1410. The van der Waals surface area contributed by atoms with E-state index in [1.54, 1.807) is 55.6 Å². The summed E-state index contributed by atoms with van der Waals surface area (Å²) in [7, 11) is -2.63. The zero-order chi connectivity index (χ0) is 23.6. The summed E-state index contributed by atoms with van der Waals surface area (Å²) in [5.74, 6) is -0.817. The Hall–Kier alpha value is -4.24. The number of Topliss-reactive ketones (excluding diaryl/α,β-unsaturated/α-hetero) is 1. The van der Waals surface area contributed by atoms with Gasteiger partial charge in [0.2, 0.25) is 5.78 Å². The van der Waals surface area contributed by atoms with Crippen LogP contribution < -0.4 is 10.1 Å². The first-order valence-corrected chi connectivity index (χ1v) is 11.2. The Labute approximate surface area is 189 Å².